The lowest BCUT2D eigenvalue weighted by Crippen LogP contribution is -2.47. The molecule has 21 heavy (non-hydrogen) atoms. The Morgan fingerprint density at radius 1 is 1.43 bits per heavy atom. The summed E-state index contributed by atoms with van der Waals surface area (Å²) in [5, 5.41) is 6.26. The summed E-state index contributed by atoms with van der Waals surface area (Å²) in [6.07, 6.45) is 1.92. The van der Waals surface area contributed by atoms with Gasteiger partial charge in [-0.3, -0.25) is 4.79 Å². The van der Waals surface area contributed by atoms with Gasteiger partial charge in [0.2, 0.25) is 0 Å². The third-order valence-electron chi connectivity index (χ3n) is 4.18. The highest BCUT2D eigenvalue weighted by molar-refractivity contribution is 5.95. The van der Waals surface area contributed by atoms with E-state index in [1.54, 1.807) is 13.2 Å². The monoisotopic (exact) mass is 294 g/mol. The standard InChI is InChI=1S/C16H23FN2O2/c1-12-3-4-13(17)9-14(12)15(20)19-10-16(11-21-2)5-7-18-8-6-16/h3-4,9,18H,5-8,10-11H2,1-2H3,(H,19,20). The maximum atomic E-state index is 13.3. The van der Waals surface area contributed by atoms with Crippen molar-refractivity contribution in [3.63, 3.8) is 0 Å². The van der Waals surface area contributed by atoms with Gasteiger partial charge in [0, 0.05) is 24.6 Å². The highest BCUT2D eigenvalue weighted by Crippen LogP contribution is 2.28. The number of amides is 1. The number of carbonyl (C=O) groups excluding carboxylic acids is 1. The zero-order valence-corrected chi connectivity index (χ0v) is 12.7. The molecule has 2 rings (SSSR count). The number of aryl methyl sites for hydroxylation is 1. The van der Waals surface area contributed by atoms with Crippen LogP contribution in [-0.2, 0) is 4.74 Å². The molecule has 0 spiro atoms. The second-order valence-corrected chi connectivity index (χ2v) is 5.82. The molecule has 1 aliphatic rings. The average molecular weight is 294 g/mol. The minimum Gasteiger partial charge on any atom is -0.384 e. The van der Waals surface area contributed by atoms with E-state index < -0.39 is 0 Å². The molecule has 116 valence electrons. The molecule has 1 amide bonds. The largest absolute Gasteiger partial charge is 0.384 e. The predicted molar refractivity (Wildman–Crippen MR) is 79.9 cm³/mol. The van der Waals surface area contributed by atoms with Gasteiger partial charge in [-0.15, -0.1) is 0 Å². The van der Waals surface area contributed by atoms with E-state index in [9.17, 15) is 9.18 Å². The molecule has 0 saturated carbocycles. The summed E-state index contributed by atoms with van der Waals surface area (Å²) in [5.41, 5.74) is 1.15. The van der Waals surface area contributed by atoms with Gasteiger partial charge in [-0.1, -0.05) is 6.07 Å². The number of methoxy groups -OCH3 is 1. The van der Waals surface area contributed by atoms with E-state index in [0.717, 1.165) is 31.5 Å². The smallest absolute Gasteiger partial charge is 0.251 e. The Kier molecular flexibility index (Phi) is 5.31. The van der Waals surface area contributed by atoms with Crippen molar-refractivity contribution in [3.05, 3.63) is 35.1 Å². The van der Waals surface area contributed by atoms with E-state index in [1.165, 1.54) is 12.1 Å². The quantitative estimate of drug-likeness (QED) is 0.872. The van der Waals surface area contributed by atoms with Gasteiger partial charge in [0.25, 0.3) is 5.91 Å². The van der Waals surface area contributed by atoms with Crippen molar-refractivity contribution in [2.45, 2.75) is 19.8 Å². The Morgan fingerprint density at radius 2 is 2.14 bits per heavy atom. The first-order valence-corrected chi connectivity index (χ1v) is 7.30. The van der Waals surface area contributed by atoms with Crippen molar-refractivity contribution in [2.24, 2.45) is 5.41 Å². The van der Waals surface area contributed by atoms with Crippen molar-refractivity contribution in [1.29, 1.82) is 0 Å². The number of rotatable bonds is 5. The molecule has 5 heteroatoms. The van der Waals surface area contributed by atoms with Crippen LogP contribution in [0.5, 0.6) is 0 Å². The van der Waals surface area contributed by atoms with Gasteiger partial charge >= 0.3 is 0 Å². The molecule has 0 radical (unpaired) electrons. The first-order chi connectivity index (χ1) is 10.1. The highest BCUT2D eigenvalue weighted by atomic mass is 19.1. The molecular weight excluding hydrogens is 271 g/mol. The average Bonchev–Trinajstić information content (AvgIpc) is 2.49. The van der Waals surface area contributed by atoms with E-state index >= 15 is 0 Å². The Labute approximate surface area is 125 Å². The lowest BCUT2D eigenvalue weighted by Gasteiger charge is -2.37. The van der Waals surface area contributed by atoms with Crippen LogP contribution >= 0.6 is 0 Å². The maximum absolute atomic E-state index is 13.3. The minimum atomic E-state index is -0.390. The first-order valence-electron chi connectivity index (χ1n) is 7.30. The number of carbonyl (C=O) groups is 1. The highest BCUT2D eigenvalue weighted by Gasteiger charge is 2.32. The summed E-state index contributed by atoms with van der Waals surface area (Å²) in [7, 11) is 1.68. The van der Waals surface area contributed by atoms with Gasteiger partial charge in [0.15, 0.2) is 0 Å². The number of piperidine rings is 1. The van der Waals surface area contributed by atoms with Crippen LogP contribution in [0, 0.1) is 18.2 Å². The molecule has 1 saturated heterocycles. The molecule has 1 fully saturated rings. The van der Waals surface area contributed by atoms with Crippen LogP contribution in [0.25, 0.3) is 0 Å². The molecule has 0 atom stereocenters. The molecule has 0 bridgehead atoms. The summed E-state index contributed by atoms with van der Waals surface area (Å²) in [6, 6.07) is 4.28. The fraction of sp³-hybridized carbons (Fsp3) is 0.562. The molecule has 4 nitrogen and oxygen atoms in total. The fourth-order valence-electron chi connectivity index (χ4n) is 2.84. The lowest BCUT2D eigenvalue weighted by atomic mass is 9.79. The lowest BCUT2D eigenvalue weighted by molar-refractivity contribution is 0.0511. The van der Waals surface area contributed by atoms with E-state index in [4.69, 9.17) is 4.74 Å². The summed E-state index contributed by atoms with van der Waals surface area (Å²) < 4.78 is 18.6. The Hall–Kier alpha value is -1.46. The Bertz CT molecular complexity index is 494. The third-order valence-corrected chi connectivity index (χ3v) is 4.18. The van der Waals surface area contributed by atoms with Gasteiger partial charge in [-0.05, 0) is 50.6 Å². The predicted octanol–water partition coefficient (Wildman–Crippen LogP) is 1.88. The maximum Gasteiger partial charge on any atom is 0.251 e. The van der Waals surface area contributed by atoms with Crippen molar-refractivity contribution in [2.75, 3.05) is 33.4 Å². The molecule has 1 heterocycles. The summed E-state index contributed by atoms with van der Waals surface area (Å²) in [5.74, 6) is -0.611. The molecule has 0 aromatic heterocycles. The molecular formula is C16H23FN2O2. The van der Waals surface area contributed by atoms with E-state index in [2.05, 4.69) is 10.6 Å². The third kappa shape index (κ3) is 4.02. The number of hydrogen-bond donors (Lipinski definition) is 2. The first kappa shape index (κ1) is 15.9. The topological polar surface area (TPSA) is 50.4 Å². The van der Waals surface area contributed by atoms with Gasteiger partial charge < -0.3 is 15.4 Å². The van der Waals surface area contributed by atoms with Crippen LogP contribution < -0.4 is 10.6 Å². The number of benzene rings is 1. The molecule has 1 aliphatic heterocycles. The van der Waals surface area contributed by atoms with Crippen molar-refractivity contribution >= 4 is 5.91 Å². The van der Waals surface area contributed by atoms with Crippen LogP contribution in [0.2, 0.25) is 0 Å². The van der Waals surface area contributed by atoms with Gasteiger partial charge in [-0.2, -0.15) is 0 Å². The second kappa shape index (κ2) is 7.00. The SMILES string of the molecule is COCC1(CNC(=O)c2cc(F)ccc2C)CCNCC1. The van der Waals surface area contributed by atoms with Gasteiger partial charge in [0.1, 0.15) is 5.82 Å². The van der Waals surface area contributed by atoms with Crippen LogP contribution in [0.3, 0.4) is 0 Å². The zero-order valence-electron chi connectivity index (χ0n) is 12.7. The Morgan fingerprint density at radius 3 is 2.81 bits per heavy atom. The Balaban J connectivity index is 2.03. The van der Waals surface area contributed by atoms with Gasteiger partial charge in [0.05, 0.1) is 6.61 Å². The van der Waals surface area contributed by atoms with Gasteiger partial charge in [-0.25, -0.2) is 4.39 Å². The van der Waals surface area contributed by atoms with Crippen molar-refractivity contribution < 1.29 is 13.9 Å². The van der Waals surface area contributed by atoms with Crippen LogP contribution in [-0.4, -0.2) is 39.3 Å². The molecule has 2 N–H and O–H groups in total. The normalized spacial score (nSPS) is 17.5. The molecule has 0 unspecified atom stereocenters. The second-order valence-electron chi connectivity index (χ2n) is 5.82. The number of nitrogens with one attached hydrogen (secondary N) is 2. The number of halogens is 1. The minimum absolute atomic E-state index is 0.0309. The van der Waals surface area contributed by atoms with Crippen molar-refractivity contribution in [1.82, 2.24) is 10.6 Å². The molecule has 1 aromatic rings. The van der Waals surface area contributed by atoms with E-state index in [-0.39, 0.29) is 17.1 Å². The van der Waals surface area contributed by atoms with Crippen LogP contribution in [0.1, 0.15) is 28.8 Å². The number of hydrogen-bond acceptors (Lipinski definition) is 3. The summed E-state index contributed by atoms with van der Waals surface area (Å²) in [6.45, 7) is 4.84. The summed E-state index contributed by atoms with van der Waals surface area (Å²) in [4.78, 5) is 12.3. The zero-order chi connectivity index (χ0) is 15.3. The van der Waals surface area contributed by atoms with Crippen LogP contribution in [0.4, 0.5) is 4.39 Å². The molecule has 0 aliphatic carbocycles. The van der Waals surface area contributed by atoms with E-state index in [0.29, 0.717) is 18.7 Å². The fourth-order valence-corrected chi connectivity index (χ4v) is 2.84. The molecule has 1 aromatic carbocycles. The van der Waals surface area contributed by atoms with Crippen LogP contribution in [0.15, 0.2) is 18.2 Å². The van der Waals surface area contributed by atoms with E-state index in [1.807, 2.05) is 6.92 Å². The van der Waals surface area contributed by atoms with Crippen molar-refractivity contribution in [3.8, 4) is 0 Å². The number of ether oxygens (including phenoxy) is 1. The summed E-state index contributed by atoms with van der Waals surface area (Å²) >= 11 is 0.